The number of H-pyrrole nitrogens is 1. The molecule has 2 aromatic rings. The molecule has 0 atom stereocenters. The molecule has 0 saturated carbocycles. The number of aromatic amines is 1. The summed E-state index contributed by atoms with van der Waals surface area (Å²) in [4.78, 5) is 26.0. The van der Waals surface area contributed by atoms with E-state index in [2.05, 4.69) is 17.2 Å². The second kappa shape index (κ2) is 6.00. The van der Waals surface area contributed by atoms with E-state index in [1.54, 1.807) is 0 Å². The van der Waals surface area contributed by atoms with Gasteiger partial charge in [-0.05, 0) is 17.5 Å². The van der Waals surface area contributed by atoms with Crippen LogP contribution in [0, 0.1) is 0 Å². The first kappa shape index (κ1) is 13.1. The lowest BCUT2D eigenvalue weighted by Crippen LogP contribution is -2.27. The molecule has 1 aromatic heterocycles. The summed E-state index contributed by atoms with van der Waals surface area (Å²) in [6, 6.07) is 9.38. The number of aromatic nitrogens is 1. The monoisotopic (exact) mass is 256 g/mol. The second-order valence-corrected chi connectivity index (χ2v) is 4.27. The zero-order valence-electron chi connectivity index (χ0n) is 10.8. The Morgan fingerprint density at radius 1 is 1.16 bits per heavy atom. The van der Waals surface area contributed by atoms with E-state index in [1.807, 2.05) is 24.3 Å². The van der Waals surface area contributed by atoms with Crippen LogP contribution in [0.3, 0.4) is 0 Å². The first-order chi connectivity index (χ1) is 9.20. The minimum atomic E-state index is -0.360. The number of benzene rings is 1. The van der Waals surface area contributed by atoms with Gasteiger partial charge in [0.05, 0.1) is 0 Å². The van der Waals surface area contributed by atoms with Crippen molar-refractivity contribution in [1.29, 1.82) is 0 Å². The number of rotatable bonds is 4. The topological polar surface area (TPSA) is 62.0 Å². The third-order valence-electron chi connectivity index (χ3n) is 2.95. The molecule has 19 heavy (non-hydrogen) atoms. The van der Waals surface area contributed by atoms with Gasteiger partial charge in [0.2, 0.25) is 0 Å². The van der Waals surface area contributed by atoms with Crippen LogP contribution in [0.25, 0.3) is 0 Å². The van der Waals surface area contributed by atoms with Crippen molar-refractivity contribution in [1.82, 2.24) is 10.3 Å². The van der Waals surface area contributed by atoms with Gasteiger partial charge in [-0.15, -0.1) is 0 Å². The predicted octanol–water partition coefficient (Wildman–Crippen LogP) is 1.87. The SMILES string of the molecule is CCc1ccc(CNC(=O)c2c[nH]ccc2=O)cc1. The van der Waals surface area contributed by atoms with E-state index in [9.17, 15) is 9.59 Å². The average Bonchev–Trinajstić information content (AvgIpc) is 2.46. The first-order valence-electron chi connectivity index (χ1n) is 6.24. The average molecular weight is 256 g/mol. The zero-order valence-corrected chi connectivity index (χ0v) is 10.8. The van der Waals surface area contributed by atoms with Gasteiger partial charge in [0.25, 0.3) is 5.91 Å². The Bertz CT molecular complexity index is 615. The summed E-state index contributed by atoms with van der Waals surface area (Å²) in [6.45, 7) is 2.51. The fourth-order valence-corrected chi connectivity index (χ4v) is 1.76. The molecular formula is C15H16N2O2. The van der Waals surface area contributed by atoms with E-state index in [1.165, 1.54) is 24.0 Å². The van der Waals surface area contributed by atoms with Crippen LogP contribution in [0.1, 0.15) is 28.4 Å². The third-order valence-corrected chi connectivity index (χ3v) is 2.95. The second-order valence-electron chi connectivity index (χ2n) is 4.27. The number of pyridine rings is 1. The number of carbonyl (C=O) groups excluding carboxylic acids is 1. The summed E-state index contributed by atoms with van der Waals surface area (Å²) in [5.41, 5.74) is 2.12. The summed E-state index contributed by atoms with van der Waals surface area (Å²) >= 11 is 0. The van der Waals surface area contributed by atoms with E-state index in [4.69, 9.17) is 0 Å². The molecule has 0 aliphatic heterocycles. The van der Waals surface area contributed by atoms with E-state index >= 15 is 0 Å². The molecule has 98 valence electrons. The molecule has 2 N–H and O–H groups in total. The van der Waals surface area contributed by atoms with E-state index < -0.39 is 0 Å². The highest BCUT2D eigenvalue weighted by Crippen LogP contribution is 2.04. The van der Waals surface area contributed by atoms with Crippen molar-refractivity contribution >= 4 is 5.91 Å². The fraction of sp³-hybridized carbons (Fsp3) is 0.200. The molecule has 1 aromatic carbocycles. The van der Waals surface area contributed by atoms with Gasteiger partial charge >= 0.3 is 0 Å². The molecule has 0 fully saturated rings. The van der Waals surface area contributed by atoms with E-state index in [0.717, 1.165) is 12.0 Å². The molecule has 4 nitrogen and oxygen atoms in total. The Morgan fingerprint density at radius 3 is 2.47 bits per heavy atom. The van der Waals surface area contributed by atoms with Gasteiger partial charge in [-0.25, -0.2) is 0 Å². The number of nitrogens with one attached hydrogen (secondary N) is 2. The van der Waals surface area contributed by atoms with Gasteiger partial charge in [-0.3, -0.25) is 9.59 Å². The van der Waals surface area contributed by atoms with Crippen LogP contribution in [-0.4, -0.2) is 10.9 Å². The van der Waals surface area contributed by atoms with Crippen molar-refractivity contribution in [3.63, 3.8) is 0 Å². The highest BCUT2D eigenvalue weighted by Gasteiger charge is 2.08. The zero-order chi connectivity index (χ0) is 13.7. The van der Waals surface area contributed by atoms with Gasteiger partial charge < -0.3 is 10.3 Å². The van der Waals surface area contributed by atoms with Gasteiger partial charge in [0.15, 0.2) is 5.43 Å². The Hall–Kier alpha value is -2.36. The molecule has 0 bridgehead atoms. The van der Waals surface area contributed by atoms with Crippen molar-refractivity contribution in [2.24, 2.45) is 0 Å². The molecule has 0 aliphatic carbocycles. The largest absolute Gasteiger partial charge is 0.367 e. The molecule has 0 aliphatic rings. The Morgan fingerprint density at radius 2 is 1.84 bits per heavy atom. The van der Waals surface area contributed by atoms with Crippen molar-refractivity contribution in [2.45, 2.75) is 19.9 Å². The molecule has 4 heteroatoms. The Labute approximate surface area is 111 Å². The quantitative estimate of drug-likeness (QED) is 0.877. The van der Waals surface area contributed by atoms with E-state index in [0.29, 0.717) is 6.54 Å². The van der Waals surface area contributed by atoms with Crippen molar-refractivity contribution in [3.05, 3.63) is 69.6 Å². The van der Waals surface area contributed by atoms with Crippen LogP contribution in [-0.2, 0) is 13.0 Å². The minimum Gasteiger partial charge on any atom is -0.367 e. The van der Waals surface area contributed by atoms with Crippen molar-refractivity contribution in [2.75, 3.05) is 0 Å². The van der Waals surface area contributed by atoms with Gasteiger partial charge in [0, 0.05) is 25.0 Å². The van der Waals surface area contributed by atoms with Gasteiger partial charge in [-0.2, -0.15) is 0 Å². The van der Waals surface area contributed by atoms with Crippen molar-refractivity contribution in [3.8, 4) is 0 Å². The maximum Gasteiger partial charge on any atom is 0.257 e. The van der Waals surface area contributed by atoms with Crippen LogP contribution in [0.5, 0.6) is 0 Å². The molecule has 1 amide bonds. The van der Waals surface area contributed by atoms with Crippen LogP contribution in [0.15, 0.2) is 47.5 Å². The summed E-state index contributed by atoms with van der Waals surface area (Å²) in [5.74, 6) is -0.360. The smallest absolute Gasteiger partial charge is 0.257 e. The Kier molecular flexibility index (Phi) is 4.13. The molecule has 0 saturated heterocycles. The lowest BCUT2D eigenvalue weighted by atomic mass is 10.1. The molecule has 0 radical (unpaired) electrons. The highest BCUT2D eigenvalue weighted by molar-refractivity contribution is 5.93. The normalized spacial score (nSPS) is 10.2. The maximum atomic E-state index is 11.8. The number of aryl methyl sites for hydroxylation is 1. The van der Waals surface area contributed by atoms with Crippen LogP contribution in [0.2, 0.25) is 0 Å². The van der Waals surface area contributed by atoms with Crippen LogP contribution < -0.4 is 10.7 Å². The van der Waals surface area contributed by atoms with E-state index in [-0.39, 0.29) is 16.9 Å². The number of hydrogen-bond donors (Lipinski definition) is 2. The molecule has 0 spiro atoms. The lowest BCUT2D eigenvalue weighted by molar-refractivity contribution is 0.0949. The summed E-state index contributed by atoms with van der Waals surface area (Å²) in [7, 11) is 0. The van der Waals surface area contributed by atoms with Gasteiger partial charge in [-0.1, -0.05) is 31.2 Å². The fourth-order valence-electron chi connectivity index (χ4n) is 1.76. The van der Waals surface area contributed by atoms with Crippen LogP contribution >= 0.6 is 0 Å². The van der Waals surface area contributed by atoms with Gasteiger partial charge in [0.1, 0.15) is 5.56 Å². The molecule has 2 rings (SSSR count). The summed E-state index contributed by atoms with van der Waals surface area (Å²) < 4.78 is 0. The first-order valence-corrected chi connectivity index (χ1v) is 6.24. The standard InChI is InChI=1S/C15H16N2O2/c1-2-11-3-5-12(6-4-11)9-17-15(19)13-10-16-8-7-14(13)18/h3-8,10H,2,9H2,1H3,(H,16,18)(H,17,19). The Balaban J connectivity index is 2.00. The summed E-state index contributed by atoms with van der Waals surface area (Å²) in [5, 5.41) is 2.73. The molecule has 1 heterocycles. The maximum absolute atomic E-state index is 11.8. The number of carbonyl (C=O) groups is 1. The molecule has 0 unspecified atom stereocenters. The molecular weight excluding hydrogens is 240 g/mol. The predicted molar refractivity (Wildman–Crippen MR) is 74.1 cm³/mol. The number of amides is 1. The van der Waals surface area contributed by atoms with Crippen molar-refractivity contribution < 1.29 is 4.79 Å². The minimum absolute atomic E-state index is 0.132. The third kappa shape index (κ3) is 3.31. The highest BCUT2D eigenvalue weighted by atomic mass is 16.2. The number of hydrogen-bond acceptors (Lipinski definition) is 2. The van der Waals surface area contributed by atoms with Crippen LogP contribution in [0.4, 0.5) is 0 Å². The summed E-state index contributed by atoms with van der Waals surface area (Å²) in [6.07, 6.45) is 3.91. The lowest BCUT2D eigenvalue weighted by Gasteiger charge is -2.05.